The number of fused-ring (bicyclic) bond motifs is 11. The zero-order valence-corrected chi connectivity index (χ0v) is 29.2. The molecule has 4 heterocycles. The fraction of sp³-hybridized carbons (Fsp3) is 0. The van der Waals surface area contributed by atoms with Crippen molar-refractivity contribution < 1.29 is 13.3 Å². The molecule has 6 nitrogen and oxygen atoms in total. The fourth-order valence-electron chi connectivity index (χ4n) is 8.31. The van der Waals surface area contributed by atoms with Crippen LogP contribution in [0.4, 0.5) is 0 Å². The summed E-state index contributed by atoms with van der Waals surface area (Å²) < 4.78 is 19.6. The Morgan fingerprint density at radius 1 is 0.291 bits per heavy atom. The Balaban J connectivity index is 1.18. The Hall–Kier alpha value is -7.57. The van der Waals surface area contributed by atoms with Gasteiger partial charge in [0, 0.05) is 48.8 Å². The second-order valence-electron chi connectivity index (χ2n) is 13.9. The monoisotopic (exact) mass is 705 g/mol. The first kappa shape index (κ1) is 29.9. The number of hydrogen-bond acceptors (Lipinski definition) is 6. The summed E-state index contributed by atoms with van der Waals surface area (Å²) in [6.07, 6.45) is 0. The van der Waals surface area contributed by atoms with Gasteiger partial charge in [-0.05, 0) is 52.9 Å². The van der Waals surface area contributed by atoms with Gasteiger partial charge in [0.15, 0.2) is 17.5 Å². The largest absolute Gasteiger partial charge is 0.456 e. The quantitative estimate of drug-likeness (QED) is 0.181. The third-order valence-corrected chi connectivity index (χ3v) is 10.8. The lowest BCUT2D eigenvalue weighted by molar-refractivity contribution is 0.668. The van der Waals surface area contributed by atoms with Crippen LogP contribution in [0, 0.1) is 0 Å². The van der Waals surface area contributed by atoms with Crippen molar-refractivity contribution >= 4 is 76.6 Å². The number of benzene rings is 8. The summed E-state index contributed by atoms with van der Waals surface area (Å²) in [6, 6.07) is 55.6. The van der Waals surface area contributed by atoms with Crippen LogP contribution >= 0.6 is 0 Å². The number of nitrogens with zero attached hydrogens (tertiary/aromatic N) is 3. The van der Waals surface area contributed by atoms with Crippen LogP contribution in [0.3, 0.4) is 0 Å². The Bertz CT molecular complexity index is 3500. The summed E-state index contributed by atoms with van der Waals surface area (Å²) in [5, 5.41) is 8.11. The summed E-state index contributed by atoms with van der Waals surface area (Å²) in [4.78, 5) is 15.8. The Morgan fingerprint density at radius 2 is 0.764 bits per heavy atom. The normalized spacial score (nSPS) is 12.0. The van der Waals surface area contributed by atoms with Crippen molar-refractivity contribution in [2.45, 2.75) is 0 Å². The molecule has 0 saturated carbocycles. The summed E-state index contributed by atoms with van der Waals surface area (Å²) >= 11 is 0. The van der Waals surface area contributed by atoms with Crippen LogP contribution in [0.1, 0.15) is 0 Å². The maximum atomic E-state index is 6.74. The first-order valence-electron chi connectivity index (χ1n) is 18.3. The van der Waals surface area contributed by atoms with Crippen molar-refractivity contribution in [3.63, 3.8) is 0 Å². The minimum atomic E-state index is 0.509. The first-order valence-corrected chi connectivity index (χ1v) is 18.3. The molecular weight excluding hydrogens is 679 g/mol. The zero-order chi connectivity index (χ0) is 36.0. The number of para-hydroxylation sites is 3. The van der Waals surface area contributed by atoms with Crippen molar-refractivity contribution in [3.8, 4) is 45.3 Å². The second-order valence-corrected chi connectivity index (χ2v) is 13.9. The van der Waals surface area contributed by atoms with Gasteiger partial charge < -0.3 is 13.3 Å². The minimum absolute atomic E-state index is 0.509. The molecule has 0 aliphatic heterocycles. The molecule has 0 aliphatic rings. The molecule has 4 aromatic heterocycles. The van der Waals surface area contributed by atoms with Crippen molar-refractivity contribution in [1.82, 2.24) is 15.0 Å². The Morgan fingerprint density at radius 3 is 1.51 bits per heavy atom. The van der Waals surface area contributed by atoms with E-state index in [4.69, 9.17) is 28.2 Å². The molecule has 0 radical (unpaired) electrons. The highest BCUT2D eigenvalue weighted by Gasteiger charge is 2.23. The van der Waals surface area contributed by atoms with Crippen LogP contribution in [0.25, 0.3) is 122 Å². The first-order chi connectivity index (χ1) is 27.3. The van der Waals surface area contributed by atoms with Gasteiger partial charge in [-0.15, -0.1) is 0 Å². The number of aromatic nitrogens is 3. The van der Waals surface area contributed by atoms with Crippen LogP contribution < -0.4 is 0 Å². The topological polar surface area (TPSA) is 78.1 Å². The van der Waals surface area contributed by atoms with Gasteiger partial charge in [-0.25, -0.2) is 15.0 Å². The summed E-state index contributed by atoms with van der Waals surface area (Å²) in [5.41, 5.74) is 9.45. The molecule has 12 rings (SSSR count). The highest BCUT2D eigenvalue weighted by molar-refractivity contribution is 6.22. The van der Waals surface area contributed by atoms with Crippen molar-refractivity contribution in [3.05, 3.63) is 164 Å². The van der Waals surface area contributed by atoms with Crippen molar-refractivity contribution in [1.29, 1.82) is 0 Å². The van der Waals surface area contributed by atoms with Crippen LogP contribution in [-0.4, -0.2) is 15.0 Å². The fourth-order valence-corrected chi connectivity index (χ4v) is 8.31. The summed E-state index contributed by atoms with van der Waals surface area (Å²) in [6.45, 7) is 0. The molecule has 0 bridgehead atoms. The predicted octanol–water partition coefficient (Wildman–Crippen LogP) is 13.4. The predicted molar refractivity (Wildman–Crippen MR) is 221 cm³/mol. The summed E-state index contributed by atoms with van der Waals surface area (Å²) in [5.74, 6) is 1.57. The number of hydrogen-bond donors (Lipinski definition) is 0. The number of rotatable bonds is 4. The van der Waals surface area contributed by atoms with Crippen molar-refractivity contribution in [2.24, 2.45) is 0 Å². The molecule has 256 valence electrons. The average Bonchev–Trinajstić information content (AvgIpc) is 3.95. The molecule has 0 spiro atoms. The van der Waals surface area contributed by atoms with Gasteiger partial charge in [0.25, 0.3) is 0 Å². The third kappa shape index (κ3) is 4.46. The van der Waals surface area contributed by atoms with E-state index in [-0.39, 0.29) is 0 Å². The van der Waals surface area contributed by atoms with E-state index in [1.807, 2.05) is 78.9 Å². The van der Waals surface area contributed by atoms with Gasteiger partial charge in [0.05, 0.1) is 5.56 Å². The molecule has 0 N–H and O–H groups in total. The standard InChI is InChI=1S/C49H27N3O3/c1-2-13-28(14-3-1)37-27-38-44-35(21-12-26-42(44)55-46(38)31-17-5-4-15-29(31)37)48-50-47(34-20-11-25-41-43(34)33-18-7-9-24-40(33)53-41)51-49(52-48)36-22-10-19-32-30-16-6-8-23-39(30)54-45(32)36/h1-27H. The lowest BCUT2D eigenvalue weighted by Gasteiger charge is -2.11. The van der Waals surface area contributed by atoms with E-state index < -0.39 is 0 Å². The molecule has 6 heteroatoms. The van der Waals surface area contributed by atoms with E-state index in [0.29, 0.717) is 17.5 Å². The van der Waals surface area contributed by atoms with Crippen LogP contribution in [0.5, 0.6) is 0 Å². The van der Waals surface area contributed by atoms with E-state index in [2.05, 4.69) is 84.9 Å². The molecule has 0 fully saturated rings. The maximum Gasteiger partial charge on any atom is 0.167 e. The van der Waals surface area contributed by atoms with Gasteiger partial charge in [0.2, 0.25) is 0 Å². The Labute approximate surface area is 312 Å². The molecule has 0 amide bonds. The van der Waals surface area contributed by atoms with Crippen LogP contribution in [-0.2, 0) is 0 Å². The molecule has 12 aromatic rings. The van der Waals surface area contributed by atoms with Crippen molar-refractivity contribution in [2.75, 3.05) is 0 Å². The van der Waals surface area contributed by atoms with Crippen LogP contribution in [0.2, 0.25) is 0 Å². The third-order valence-electron chi connectivity index (χ3n) is 10.8. The average molecular weight is 706 g/mol. The van der Waals surface area contributed by atoms with Gasteiger partial charge in [-0.3, -0.25) is 0 Å². The van der Waals surface area contributed by atoms with E-state index >= 15 is 0 Å². The molecule has 0 aliphatic carbocycles. The smallest absolute Gasteiger partial charge is 0.167 e. The zero-order valence-electron chi connectivity index (χ0n) is 29.2. The van der Waals surface area contributed by atoms with Crippen LogP contribution in [0.15, 0.2) is 177 Å². The molecule has 0 unspecified atom stereocenters. The highest BCUT2D eigenvalue weighted by Crippen LogP contribution is 2.44. The maximum absolute atomic E-state index is 6.74. The molecule has 8 aromatic carbocycles. The molecule has 0 atom stereocenters. The second kappa shape index (κ2) is 11.5. The van der Waals surface area contributed by atoms with Gasteiger partial charge in [-0.1, -0.05) is 127 Å². The molecular formula is C49H27N3O3. The van der Waals surface area contributed by atoms with Gasteiger partial charge in [-0.2, -0.15) is 0 Å². The van der Waals surface area contributed by atoms with E-state index in [0.717, 1.165) is 104 Å². The van der Waals surface area contributed by atoms with Gasteiger partial charge in [0.1, 0.15) is 33.5 Å². The molecule has 0 saturated heterocycles. The lowest BCUT2D eigenvalue weighted by atomic mass is 9.94. The van der Waals surface area contributed by atoms with E-state index in [1.165, 1.54) is 0 Å². The lowest BCUT2D eigenvalue weighted by Crippen LogP contribution is -2.01. The minimum Gasteiger partial charge on any atom is -0.456 e. The van der Waals surface area contributed by atoms with Gasteiger partial charge >= 0.3 is 0 Å². The molecule has 55 heavy (non-hydrogen) atoms. The van der Waals surface area contributed by atoms with E-state index in [1.54, 1.807) is 0 Å². The number of furan rings is 3. The Kier molecular flexibility index (Phi) is 6.24. The van der Waals surface area contributed by atoms with E-state index in [9.17, 15) is 0 Å². The highest BCUT2D eigenvalue weighted by atomic mass is 16.3. The summed E-state index contributed by atoms with van der Waals surface area (Å²) in [7, 11) is 0. The SMILES string of the molecule is c1ccc(-c2cc3c(oc4cccc(-c5nc(-c6cccc7c6oc6ccccc67)nc(-c6cccc7oc8ccccc8c67)n5)c43)c3ccccc23)cc1.